The number of carbonyl (C=O) groups is 1. The first-order chi connectivity index (χ1) is 6.24. The highest BCUT2D eigenvalue weighted by Crippen LogP contribution is 2.08. The number of amides is 1. The van der Waals surface area contributed by atoms with Gasteiger partial charge in [0, 0.05) is 12.6 Å². The predicted octanol–water partition coefficient (Wildman–Crippen LogP) is 1.39. The van der Waals surface area contributed by atoms with Crippen molar-refractivity contribution in [2.45, 2.75) is 19.8 Å². The van der Waals surface area contributed by atoms with Gasteiger partial charge in [0.2, 0.25) is 0 Å². The van der Waals surface area contributed by atoms with Crippen LogP contribution in [0.5, 0.6) is 0 Å². The number of nitrogen functional groups attached to an aromatic ring is 1. The number of hydrogen-bond donors (Lipinski definition) is 2. The molecule has 1 heterocycles. The largest absolute Gasteiger partial charge is 0.436 e. The average molecular weight is 182 g/mol. The number of unbranched alkanes of at least 4 members (excludes halogenated alkanes) is 1. The fraction of sp³-hybridized carbons (Fsp3) is 0.444. The lowest BCUT2D eigenvalue weighted by molar-refractivity contribution is 0.0926. The van der Waals surface area contributed by atoms with E-state index in [1.807, 2.05) is 0 Å². The molecular formula is C9H14N2O2. The Bertz CT molecular complexity index is 281. The van der Waals surface area contributed by atoms with E-state index in [4.69, 9.17) is 10.2 Å². The van der Waals surface area contributed by atoms with Gasteiger partial charge in [-0.1, -0.05) is 13.3 Å². The van der Waals surface area contributed by atoms with Crippen LogP contribution < -0.4 is 11.1 Å². The van der Waals surface area contributed by atoms with E-state index in [0.29, 0.717) is 6.54 Å². The molecule has 0 bridgehead atoms. The summed E-state index contributed by atoms with van der Waals surface area (Å²) < 4.78 is 4.94. The summed E-state index contributed by atoms with van der Waals surface area (Å²) in [7, 11) is 0. The van der Waals surface area contributed by atoms with Crippen LogP contribution in [0.15, 0.2) is 16.5 Å². The van der Waals surface area contributed by atoms with Gasteiger partial charge in [0.15, 0.2) is 11.6 Å². The molecule has 1 aromatic heterocycles. The van der Waals surface area contributed by atoms with Crippen LogP contribution in [-0.2, 0) is 0 Å². The molecule has 0 saturated carbocycles. The lowest BCUT2D eigenvalue weighted by atomic mass is 10.3. The zero-order chi connectivity index (χ0) is 9.68. The number of rotatable bonds is 4. The minimum absolute atomic E-state index is 0.204. The summed E-state index contributed by atoms with van der Waals surface area (Å²) in [4.78, 5) is 11.3. The average Bonchev–Trinajstić information content (AvgIpc) is 2.52. The van der Waals surface area contributed by atoms with E-state index in [9.17, 15) is 4.79 Å². The van der Waals surface area contributed by atoms with Gasteiger partial charge >= 0.3 is 0 Å². The highest BCUT2D eigenvalue weighted by molar-refractivity contribution is 5.91. The molecule has 4 heteroatoms. The Kier molecular flexibility index (Phi) is 3.37. The highest BCUT2D eigenvalue weighted by atomic mass is 16.4. The van der Waals surface area contributed by atoms with Crippen molar-refractivity contribution >= 4 is 11.8 Å². The van der Waals surface area contributed by atoms with Gasteiger partial charge < -0.3 is 15.5 Å². The molecule has 0 radical (unpaired) electrons. The van der Waals surface area contributed by atoms with Crippen LogP contribution in [0.1, 0.15) is 30.3 Å². The number of anilines is 1. The second kappa shape index (κ2) is 4.54. The second-order valence-electron chi connectivity index (χ2n) is 2.81. The van der Waals surface area contributed by atoms with Crippen LogP contribution in [0.2, 0.25) is 0 Å². The first-order valence-corrected chi connectivity index (χ1v) is 4.37. The lowest BCUT2D eigenvalue weighted by Crippen LogP contribution is -2.23. The molecule has 0 saturated heterocycles. The monoisotopic (exact) mass is 182 g/mol. The smallest absolute Gasteiger partial charge is 0.287 e. The van der Waals surface area contributed by atoms with E-state index < -0.39 is 0 Å². The van der Waals surface area contributed by atoms with Crippen molar-refractivity contribution in [1.29, 1.82) is 0 Å². The Morgan fingerprint density at radius 3 is 2.92 bits per heavy atom. The maximum absolute atomic E-state index is 11.3. The highest BCUT2D eigenvalue weighted by Gasteiger charge is 2.08. The summed E-state index contributed by atoms with van der Waals surface area (Å²) in [5, 5.41) is 2.72. The lowest BCUT2D eigenvalue weighted by Gasteiger charge is -2.00. The van der Waals surface area contributed by atoms with Crippen molar-refractivity contribution in [3.05, 3.63) is 17.9 Å². The van der Waals surface area contributed by atoms with E-state index in [0.717, 1.165) is 12.8 Å². The third-order valence-electron chi connectivity index (χ3n) is 1.67. The van der Waals surface area contributed by atoms with Crippen molar-refractivity contribution < 1.29 is 9.21 Å². The zero-order valence-corrected chi connectivity index (χ0v) is 7.67. The van der Waals surface area contributed by atoms with Gasteiger partial charge in [-0.3, -0.25) is 4.79 Å². The quantitative estimate of drug-likeness (QED) is 0.691. The van der Waals surface area contributed by atoms with E-state index in [1.54, 1.807) is 12.1 Å². The summed E-state index contributed by atoms with van der Waals surface area (Å²) in [6.45, 7) is 2.74. The molecule has 0 fully saturated rings. The van der Waals surface area contributed by atoms with E-state index in [1.165, 1.54) is 0 Å². The topological polar surface area (TPSA) is 68.3 Å². The number of hydrogen-bond acceptors (Lipinski definition) is 3. The molecule has 1 rings (SSSR count). The van der Waals surface area contributed by atoms with Crippen LogP contribution in [-0.4, -0.2) is 12.5 Å². The summed E-state index contributed by atoms with van der Waals surface area (Å²) in [6, 6.07) is 3.13. The maximum atomic E-state index is 11.3. The molecule has 13 heavy (non-hydrogen) atoms. The Labute approximate surface area is 77.1 Å². The summed E-state index contributed by atoms with van der Waals surface area (Å²) in [5.74, 6) is 0.333. The van der Waals surface area contributed by atoms with Crippen LogP contribution in [0, 0.1) is 0 Å². The summed E-state index contributed by atoms with van der Waals surface area (Å²) in [6.07, 6.45) is 2.03. The SMILES string of the molecule is CCCCNC(=O)c1ccc(N)o1. The van der Waals surface area contributed by atoms with Crippen molar-refractivity contribution in [2.24, 2.45) is 0 Å². The summed E-state index contributed by atoms with van der Waals surface area (Å²) in [5.41, 5.74) is 5.32. The Hall–Kier alpha value is -1.45. The van der Waals surface area contributed by atoms with Crippen LogP contribution in [0.3, 0.4) is 0 Å². The predicted molar refractivity (Wildman–Crippen MR) is 50.4 cm³/mol. The number of nitrogens with two attached hydrogens (primary N) is 1. The Morgan fingerprint density at radius 2 is 2.38 bits per heavy atom. The molecule has 0 atom stereocenters. The number of carbonyl (C=O) groups excluding carboxylic acids is 1. The molecular weight excluding hydrogens is 168 g/mol. The number of furan rings is 1. The normalized spacial score (nSPS) is 9.92. The molecule has 0 aliphatic rings. The molecule has 1 amide bonds. The first-order valence-electron chi connectivity index (χ1n) is 4.37. The van der Waals surface area contributed by atoms with Gasteiger partial charge in [0.25, 0.3) is 5.91 Å². The van der Waals surface area contributed by atoms with E-state index >= 15 is 0 Å². The van der Waals surface area contributed by atoms with Crippen LogP contribution in [0.4, 0.5) is 5.88 Å². The van der Waals surface area contributed by atoms with Gasteiger partial charge in [0.1, 0.15) is 0 Å². The van der Waals surface area contributed by atoms with Crippen LogP contribution in [0.25, 0.3) is 0 Å². The number of nitrogens with one attached hydrogen (secondary N) is 1. The third-order valence-corrected chi connectivity index (χ3v) is 1.67. The van der Waals surface area contributed by atoms with Gasteiger partial charge in [0.05, 0.1) is 0 Å². The van der Waals surface area contributed by atoms with Crippen molar-refractivity contribution in [2.75, 3.05) is 12.3 Å². The fourth-order valence-electron chi connectivity index (χ4n) is 0.941. The summed E-state index contributed by atoms with van der Waals surface area (Å²) >= 11 is 0. The third kappa shape index (κ3) is 2.82. The molecule has 4 nitrogen and oxygen atoms in total. The fourth-order valence-corrected chi connectivity index (χ4v) is 0.941. The van der Waals surface area contributed by atoms with E-state index in [2.05, 4.69) is 12.2 Å². The minimum Gasteiger partial charge on any atom is -0.436 e. The van der Waals surface area contributed by atoms with Gasteiger partial charge in [-0.15, -0.1) is 0 Å². The molecule has 0 unspecified atom stereocenters. The molecule has 0 aliphatic heterocycles. The molecule has 72 valence electrons. The van der Waals surface area contributed by atoms with Gasteiger partial charge in [-0.25, -0.2) is 0 Å². The zero-order valence-electron chi connectivity index (χ0n) is 7.67. The molecule has 3 N–H and O–H groups in total. The van der Waals surface area contributed by atoms with E-state index in [-0.39, 0.29) is 17.6 Å². The van der Waals surface area contributed by atoms with Gasteiger partial charge in [-0.2, -0.15) is 0 Å². The van der Waals surface area contributed by atoms with Gasteiger partial charge in [-0.05, 0) is 12.5 Å². The molecule has 0 spiro atoms. The first kappa shape index (κ1) is 9.64. The molecule has 1 aromatic rings. The maximum Gasteiger partial charge on any atom is 0.287 e. The Morgan fingerprint density at radius 1 is 1.62 bits per heavy atom. The van der Waals surface area contributed by atoms with Crippen molar-refractivity contribution in [3.63, 3.8) is 0 Å². The second-order valence-corrected chi connectivity index (χ2v) is 2.81. The Balaban J connectivity index is 2.40. The van der Waals surface area contributed by atoms with Crippen LogP contribution >= 0.6 is 0 Å². The molecule has 0 aromatic carbocycles. The minimum atomic E-state index is -0.204. The van der Waals surface area contributed by atoms with Crippen molar-refractivity contribution in [3.8, 4) is 0 Å². The standard InChI is InChI=1S/C9H14N2O2/c1-2-3-6-11-9(12)7-4-5-8(10)13-7/h4-5H,2-3,6,10H2,1H3,(H,11,12). The van der Waals surface area contributed by atoms with Crippen molar-refractivity contribution in [1.82, 2.24) is 5.32 Å². The molecule has 0 aliphatic carbocycles.